The molecule has 1 aliphatic rings. The fourth-order valence-corrected chi connectivity index (χ4v) is 3.54. The van der Waals surface area contributed by atoms with Crippen LogP contribution in [0.15, 0.2) is 24.4 Å². The Bertz CT molecular complexity index is 1070. The van der Waals surface area contributed by atoms with Crippen molar-refractivity contribution in [2.45, 2.75) is 84.5 Å². The van der Waals surface area contributed by atoms with Crippen LogP contribution in [0.4, 0.5) is 11.5 Å². The van der Waals surface area contributed by atoms with Crippen LogP contribution in [0, 0.1) is 11.8 Å². The molecule has 1 aromatic carbocycles. The van der Waals surface area contributed by atoms with E-state index in [-0.39, 0.29) is 17.2 Å². The van der Waals surface area contributed by atoms with E-state index in [1.54, 1.807) is 56.8 Å². The normalized spacial score (nSPS) is 13.5. The number of amides is 1. The Morgan fingerprint density at radius 1 is 1.19 bits per heavy atom. The lowest BCUT2D eigenvalue weighted by atomic mass is 9.80. The van der Waals surface area contributed by atoms with E-state index < -0.39 is 23.1 Å². The molecule has 3 rings (SSSR count). The summed E-state index contributed by atoms with van der Waals surface area (Å²) in [5, 5.41) is 24.5. The number of esters is 1. The summed E-state index contributed by atoms with van der Waals surface area (Å²) in [5.74, 6) is -0.801. The van der Waals surface area contributed by atoms with Gasteiger partial charge in [0.15, 0.2) is 5.82 Å². The van der Waals surface area contributed by atoms with Crippen LogP contribution < -0.4 is 16.5 Å². The third-order valence-electron chi connectivity index (χ3n) is 6.37. The topological polar surface area (TPSA) is 152 Å². The zero-order valence-corrected chi connectivity index (χ0v) is 22.9. The summed E-state index contributed by atoms with van der Waals surface area (Å²) < 4.78 is 12.5. The molecule has 2 aromatic rings. The summed E-state index contributed by atoms with van der Waals surface area (Å²) in [4.78, 5) is 24.4. The highest BCUT2D eigenvalue weighted by Crippen LogP contribution is 2.31. The summed E-state index contributed by atoms with van der Waals surface area (Å²) >= 11 is 0. The Kier molecular flexibility index (Phi) is 11.8. The molecule has 1 heterocycles. The molecule has 0 saturated heterocycles. The van der Waals surface area contributed by atoms with Crippen LogP contribution in [0.5, 0.6) is 0 Å². The minimum absolute atomic E-state index is 0.248. The zero-order chi connectivity index (χ0) is 28.4. The van der Waals surface area contributed by atoms with Gasteiger partial charge in [-0.25, -0.2) is 10.1 Å². The van der Waals surface area contributed by atoms with E-state index in [9.17, 15) is 14.7 Å². The van der Waals surface area contributed by atoms with Crippen molar-refractivity contribution in [3.63, 3.8) is 0 Å². The molecule has 1 fully saturated rings. The van der Waals surface area contributed by atoms with Crippen LogP contribution >= 0.6 is 0 Å². The molecular weight excluding hydrogens is 473 g/mol. The van der Waals surface area contributed by atoms with Crippen LogP contribution in [-0.2, 0) is 9.39 Å². The number of carbonyl (C=O) groups is 2. The van der Waals surface area contributed by atoms with Gasteiger partial charge in [0.1, 0.15) is 5.56 Å². The first-order chi connectivity index (χ1) is 17.4. The predicted octanol–water partition coefficient (Wildman–Crippen LogP) is 3.60. The van der Waals surface area contributed by atoms with Gasteiger partial charge < -0.3 is 25.5 Å². The number of ether oxygens (including phenoxy) is 1. The maximum atomic E-state index is 12.4. The number of hydrogen-bond donors (Lipinski definition) is 3. The monoisotopic (exact) mass is 512 g/mol. The van der Waals surface area contributed by atoms with E-state index in [4.69, 9.17) is 20.4 Å². The number of carbonyl (C=O) groups excluding carboxylic acids is 2. The van der Waals surface area contributed by atoms with Gasteiger partial charge in [-0.15, -0.1) is 0 Å². The number of benzene rings is 1. The molecule has 1 aromatic heterocycles. The SMILES string of the molecule is C#N.CC.COC(=O)c1cc(Nc2nn(C3CCCC3)cc2C(N)=O)ccc1[B]OC(C)(C)C(C)(C)O. The van der Waals surface area contributed by atoms with Crippen molar-refractivity contribution in [2.24, 2.45) is 5.73 Å². The number of nitrogens with two attached hydrogens (primary N) is 1. The lowest BCUT2D eigenvalue weighted by molar-refractivity contribution is -0.0893. The van der Waals surface area contributed by atoms with E-state index in [0.717, 1.165) is 25.7 Å². The third kappa shape index (κ3) is 8.07. The van der Waals surface area contributed by atoms with Gasteiger partial charge in [-0.05, 0) is 58.1 Å². The molecule has 1 radical (unpaired) electrons. The second-order valence-corrected chi connectivity index (χ2v) is 9.40. The molecule has 1 saturated carbocycles. The summed E-state index contributed by atoms with van der Waals surface area (Å²) in [7, 11) is 2.72. The molecule has 0 unspecified atom stereocenters. The number of nitrogens with zero attached hydrogens (tertiary/aromatic N) is 3. The molecule has 0 bridgehead atoms. The molecule has 4 N–H and O–H groups in total. The van der Waals surface area contributed by atoms with Crippen LogP contribution in [0.2, 0.25) is 0 Å². The average Bonchev–Trinajstić information content (AvgIpc) is 3.55. The number of rotatable bonds is 9. The summed E-state index contributed by atoms with van der Waals surface area (Å²) in [6.45, 7) is 14.3. The maximum absolute atomic E-state index is 12.4. The third-order valence-corrected chi connectivity index (χ3v) is 6.37. The lowest BCUT2D eigenvalue weighted by Crippen LogP contribution is -2.49. The highest BCUT2D eigenvalue weighted by Gasteiger charge is 2.36. The van der Waals surface area contributed by atoms with Gasteiger partial charge >= 0.3 is 13.5 Å². The van der Waals surface area contributed by atoms with Gasteiger partial charge in [-0.3, -0.25) is 9.48 Å². The van der Waals surface area contributed by atoms with Crippen molar-refractivity contribution >= 4 is 36.3 Å². The Balaban J connectivity index is 0.00000163. The number of nitrogens with one attached hydrogen (secondary N) is 1. The van der Waals surface area contributed by atoms with E-state index in [2.05, 4.69) is 17.0 Å². The molecule has 0 spiro atoms. The van der Waals surface area contributed by atoms with Crippen molar-refractivity contribution < 1.29 is 24.1 Å². The van der Waals surface area contributed by atoms with E-state index in [0.29, 0.717) is 17.0 Å². The second-order valence-electron chi connectivity index (χ2n) is 9.40. The van der Waals surface area contributed by atoms with E-state index >= 15 is 0 Å². The summed E-state index contributed by atoms with van der Waals surface area (Å²) in [6.07, 6.45) is 5.96. The number of primary amides is 1. The molecule has 1 aliphatic carbocycles. The smallest absolute Gasteiger partial charge is 0.337 e. The molecule has 1 amide bonds. The first-order valence-corrected chi connectivity index (χ1v) is 12.3. The predicted molar refractivity (Wildman–Crippen MR) is 144 cm³/mol. The van der Waals surface area contributed by atoms with Crippen molar-refractivity contribution in [3.05, 3.63) is 35.5 Å². The minimum Gasteiger partial charge on any atom is -0.465 e. The summed E-state index contributed by atoms with van der Waals surface area (Å²) in [6, 6.07) is 5.26. The largest absolute Gasteiger partial charge is 0.465 e. The maximum Gasteiger partial charge on any atom is 0.337 e. The Hall–Kier alpha value is -3.36. The first kappa shape index (κ1) is 31.7. The average molecular weight is 512 g/mol. The standard InChI is InChI=1S/C23H32BN4O5.C2H6.CHN/c1-22(2,31)23(3,4)33-24-18-11-10-14(12-16(18)21(30)32-5)26-20-17(19(25)29)13-28(27-20)15-8-6-7-9-15;2*1-2/h10-13,15,31H,6-9H2,1-5H3,(H2,25,29)(H,26,27);1-2H3;1H. The lowest BCUT2D eigenvalue weighted by Gasteiger charge is -2.37. The van der Waals surface area contributed by atoms with E-state index in [1.807, 2.05) is 13.8 Å². The Labute approximate surface area is 220 Å². The zero-order valence-electron chi connectivity index (χ0n) is 22.9. The quantitative estimate of drug-likeness (QED) is 0.340. The van der Waals surface area contributed by atoms with Crippen LogP contribution in [-0.4, -0.2) is 52.6 Å². The van der Waals surface area contributed by atoms with Crippen LogP contribution in [0.1, 0.15) is 94.0 Å². The highest BCUT2D eigenvalue weighted by atomic mass is 16.5. The number of anilines is 2. The second kappa shape index (κ2) is 13.8. The Morgan fingerprint density at radius 3 is 2.30 bits per heavy atom. The van der Waals surface area contributed by atoms with Crippen LogP contribution in [0.3, 0.4) is 0 Å². The number of nitriles is 1. The first-order valence-electron chi connectivity index (χ1n) is 12.3. The number of methoxy groups -OCH3 is 1. The minimum atomic E-state index is -1.11. The molecule has 0 atom stereocenters. The van der Waals surface area contributed by atoms with Crippen molar-refractivity contribution in [3.8, 4) is 6.57 Å². The summed E-state index contributed by atoms with van der Waals surface area (Å²) in [5.41, 5.74) is 5.12. The molecule has 37 heavy (non-hydrogen) atoms. The number of aromatic nitrogens is 2. The molecule has 201 valence electrons. The number of hydrogen-bond acceptors (Lipinski definition) is 8. The molecule has 11 heteroatoms. The van der Waals surface area contributed by atoms with Crippen molar-refractivity contribution in [1.82, 2.24) is 9.78 Å². The Morgan fingerprint density at radius 2 is 1.78 bits per heavy atom. The van der Waals surface area contributed by atoms with Crippen molar-refractivity contribution in [2.75, 3.05) is 12.4 Å². The molecule has 10 nitrogen and oxygen atoms in total. The number of aliphatic hydroxyl groups is 1. The van der Waals surface area contributed by atoms with E-state index in [1.165, 1.54) is 14.6 Å². The van der Waals surface area contributed by atoms with Gasteiger partial charge in [0, 0.05) is 18.5 Å². The van der Waals surface area contributed by atoms with Gasteiger partial charge in [0.25, 0.3) is 5.91 Å². The fraction of sp³-hybridized carbons (Fsp3) is 0.538. The molecular formula is C26H39BN5O5. The van der Waals surface area contributed by atoms with Crippen molar-refractivity contribution in [1.29, 1.82) is 5.26 Å². The fourth-order valence-electron chi connectivity index (χ4n) is 3.54. The van der Waals surface area contributed by atoms with Gasteiger partial charge in [0.05, 0.1) is 29.9 Å². The van der Waals surface area contributed by atoms with Gasteiger partial charge in [-0.2, -0.15) is 5.10 Å². The van der Waals surface area contributed by atoms with Crippen LogP contribution in [0.25, 0.3) is 0 Å². The van der Waals surface area contributed by atoms with Gasteiger partial charge in [-0.1, -0.05) is 32.8 Å². The van der Waals surface area contributed by atoms with Gasteiger partial charge in [0.2, 0.25) is 0 Å². The highest BCUT2D eigenvalue weighted by molar-refractivity contribution is 6.49. The molecule has 0 aliphatic heterocycles.